The van der Waals surface area contributed by atoms with Gasteiger partial charge in [-0.3, -0.25) is 4.55 Å². The van der Waals surface area contributed by atoms with E-state index in [0.717, 1.165) is 43.4 Å². The molecule has 2 N–H and O–H groups in total. The van der Waals surface area contributed by atoms with Gasteiger partial charge in [-0.2, -0.15) is 8.42 Å². The molecule has 0 saturated heterocycles. The molecule has 0 aliphatic rings. The number of phenols is 1. The van der Waals surface area contributed by atoms with Crippen LogP contribution in [0.25, 0.3) is 0 Å². The largest absolute Gasteiger partial charge is 2.00 e. The Hall–Kier alpha value is -0.880. The summed E-state index contributed by atoms with van der Waals surface area (Å²) in [5, 5.41) is 21.0. The van der Waals surface area contributed by atoms with E-state index in [-0.39, 0.29) is 48.4 Å². The average Bonchev–Trinajstić information content (AvgIpc) is 3.05. The Morgan fingerprint density at radius 1 is 0.490 bits per heavy atom. The molecular weight excluding hydrogens is 713 g/mol. The van der Waals surface area contributed by atoms with Crippen molar-refractivity contribution in [3.63, 3.8) is 0 Å². The van der Waals surface area contributed by atoms with Crippen molar-refractivity contribution in [2.45, 2.75) is 191 Å². The van der Waals surface area contributed by atoms with Gasteiger partial charge in [-0.15, -0.1) is 5.75 Å². The molecule has 2 rings (SSSR count). The fourth-order valence-corrected chi connectivity index (χ4v) is 7.32. The molecule has 8 nitrogen and oxygen atoms in total. The molecule has 0 atom stereocenters. The number of benzene rings is 2. The standard InChI is InChI=1S/2C20H34O4S.Ca/c2*1-2-3-4-5-6-7-8-9-10-11-12-13-14-18-15-19(21)17-20(16-18)25(22,23)24;/h2*15-17,21H,2-14H2,1H3,(H,22,23,24);/q;;+2/p-2. The molecule has 0 aromatic heterocycles. The topological polar surface area (TPSA) is 155 Å². The van der Waals surface area contributed by atoms with Crippen LogP contribution < -0.4 is 5.11 Å². The Morgan fingerprint density at radius 3 is 1.18 bits per heavy atom. The van der Waals surface area contributed by atoms with Crippen molar-refractivity contribution in [1.29, 1.82) is 0 Å². The van der Waals surface area contributed by atoms with Crippen molar-refractivity contribution in [2.75, 3.05) is 0 Å². The summed E-state index contributed by atoms with van der Waals surface area (Å²) < 4.78 is 64.4. The smallest absolute Gasteiger partial charge is 0.872 e. The summed E-state index contributed by atoms with van der Waals surface area (Å²) in [6.45, 7) is 4.48. The second-order valence-corrected chi connectivity index (χ2v) is 16.7. The third kappa shape index (κ3) is 27.4. The van der Waals surface area contributed by atoms with Crippen LogP contribution in [0.2, 0.25) is 0 Å². The number of aryl methyl sites for hydroxylation is 2. The zero-order valence-electron chi connectivity index (χ0n) is 31.7. The van der Waals surface area contributed by atoms with E-state index in [1.54, 1.807) is 6.07 Å². The van der Waals surface area contributed by atoms with Crippen LogP contribution in [0.1, 0.15) is 179 Å². The second-order valence-electron chi connectivity index (χ2n) is 13.9. The van der Waals surface area contributed by atoms with Crippen molar-refractivity contribution in [1.82, 2.24) is 0 Å². The zero-order chi connectivity index (χ0) is 37.1. The van der Waals surface area contributed by atoms with Gasteiger partial charge < -0.3 is 14.8 Å². The summed E-state index contributed by atoms with van der Waals surface area (Å²) in [5.74, 6) is -0.532. The fourth-order valence-electron chi connectivity index (χ4n) is 6.20. The molecular formula is C40H66CaO8S2. The third-order valence-corrected chi connectivity index (χ3v) is 10.8. The molecule has 0 radical (unpaired) electrons. The molecule has 0 amide bonds. The van der Waals surface area contributed by atoms with Crippen LogP contribution in [-0.2, 0) is 33.1 Å². The van der Waals surface area contributed by atoms with Gasteiger partial charge in [0.25, 0.3) is 10.1 Å². The molecule has 51 heavy (non-hydrogen) atoms. The SMILES string of the molecule is CCCCCCCCCCCCCCc1cc(O)cc(S(=O)(=O)O)c1.CCCCCCCCCCCCCCc1cc([O-])cc(S(=O)(=O)[O-])c1.[Ca+2]. The molecule has 0 spiro atoms. The molecule has 0 aliphatic carbocycles. The molecule has 2 aromatic rings. The monoisotopic (exact) mass is 778 g/mol. The first kappa shape index (κ1) is 50.1. The Kier molecular flexibility index (Phi) is 29.9. The van der Waals surface area contributed by atoms with E-state index < -0.39 is 30.9 Å². The minimum Gasteiger partial charge on any atom is -0.872 e. The number of rotatable bonds is 28. The van der Waals surface area contributed by atoms with Gasteiger partial charge in [-0.1, -0.05) is 167 Å². The van der Waals surface area contributed by atoms with Crippen LogP contribution in [0.15, 0.2) is 46.2 Å². The third-order valence-electron chi connectivity index (χ3n) is 9.12. The summed E-state index contributed by atoms with van der Waals surface area (Å²) in [6, 6.07) is 7.73. The Bertz CT molecular complexity index is 1280. The van der Waals surface area contributed by atoms with Gasteiger partial charge in [0.2, 0.25) is 0 Å². The molecule has 0 heterocycles. The summed E-state index contributed by atoms with van der Waals surface area (Å²) in [5.41, 5.74) is 1.40. The van der Waals surface area contributed by atoms with Gasteiger partial charge in [0.1, 0.15) is 15.9 Å². The van der Waals surface area contributed by atoms with Crippen LogP contribution in [-0.4, -0.2) is 68.8 Å². The van der Waals surface area contributed by atoms with E-state index in [0.29, 0.717) is 18.4 Å². The molecule has 288 valence electrons. The second kappa shape index (κ2) is 30.4. The van der Waals surface area contributed by atoms with Gasteiger partial charge in [0.05, 0.1) is 9.79 Å². The predicted molar refractivity (Wildman–Crippen MR) is 207 cm³/mol. The normalized spacial score (nSPS) is 11.5. The number of aromatic hydroxyl groups is 1. The Balaban J connectivity index is 0.000000962. The van der Waals surface area contributed by atoms with Crippen molar-refractivity contribution in [3.05, 3.63) is 47.5 Å². The summed E-state index contributed by atoms with van der Waals surface area (Å²) in [7, 11) is -8.82. The number of hydrogen-bond donors (Lipinski definition) is 2. The van der Waals surface area contributed by atoms with Crippen LogP contribution >= 0.6 is 0 Å². The van der Waals surface area contributed by atoms with E-state index in [1.165, 1.54) is 147 Å². The molecule has 0 unspecified atom stereocenters. The summed E-state index contributed by atoms with van der Waals surface area (Å²) in [6.07, 6.45) is 31.7. The van der Waals surface area contributed by atoms with E-state index in [9.17, 15) is 31.6 Å². The van der Waals surface area contributed by atoms with Crippen molar-refractivity contribution in [3.8, 4) is 11.5 Å². The molecule has 2 aromatic carbocycles. The minimum atomic E-state index is -4.55. The van der Waals surface area contributed by atoms with Crippen molar-refractivity contribution in [2.24, 2.45) is 0 Å². The summed E-state index contributed by atoms with van der Waals surface area (Å²) >= 11 is 0. The minimum absolute atomic E-state index is 0. The van der Waals surface area contributed by atoms with Crippen LogP contribution in [0, 0.1) is 0 Å². The van der Waals surface area contributed by atoms with Crippen LogP contribution in [0.5, 0.6) is 11.5 Å². The van der Waals surface area contributed by atoms with Crippen LogP contribution in [0.3, 0.4) is 0 Å². The van der Waals surface area contributed by atoms with Crippen molar-refractivity contribution >= 4 is 58.0 Å². The van der Waals surface area contributed by atoms with Gasteiger partial charge in [0.15, 0.2) is 0 Å². The average molecular weight is 779 g/mol. The first-order valence-electron chi connectivity index (χ1n) is 19.4. The number of hydrogen-bond acceptors (Lipinski definition) is 7. The van der Waals surface area contributed by atoms with E-state index in [4.69, 9.17) is 4.55 Å². The van der Waals surface area contributed by atoms with Crippen molar-refractivity contribution < 1.29 is 36.2 Å². The maximum atomic E-state index is 11.5. The fraction of sp³-hybridized carbons (Fsp3) is 0.700. The summed E-state index contributed by atoms with van der Waals surface area (Å²) in [4.78, 5) is -0.643. The van der Waals surface area contributed by atoms with Gasteiger partial charge >= 0.3 is 37.7 Å². The van der Waals surface area contributed by atoms with Gasteiger partial charge in [0, 0.05) is 6.07 Å². The maximum Gasteiger partial charge on any atom is 2.00 e. The molecule has 0 aliphatic heterocycles. The maximum absolute atomic E-state index is 11.5. The van der Waals surface area contributed by atoms with E-state index in [2.05, 4.69) is 13.8 Å². The van der Waals surface area contributed by atoms with E-state index in [1.807, 2.05) is 0 Å². The van der Waals surface area contributed by atoms with Crippen LogP contribution in [0.4, 0.5) is 0 Å². The first-order valence-corrected chi connectivity index (χ1v) is 22.3. The first-order chi connectivity index (χ1) is 23.9. The zero-order valence-corrected chi connectivity index (χ0v) is 35.6. The quantitative estimate of drug-likeness (QED) is 0.0491. The predicted octanol–water partition coefficient (Wildman–Crippen LogP) is 10.4. The molecule has 11 heteroatoms. The number of phenolic OH excluding ortho intramolecular Hbond substituents is 1. The Morgan fingerprint density at radius 2 is 0.824 bits per heavy atom. The Labute approximate surface area is 341 Å². The molecule has 0 bridgehead atoms. The van der Waals surface area contributed by atoms with Gasteiger partial charge in [-0.05, 0) is 55.0 Å². The molecule has 0 saturated carbocycles. The number of unbranched alkanes of at least 4 members (excludes halogenated alkanes) is 22. The van der Waals surface area contributed by atoms with E-state index >= 15 is 0 Å². The van der Waals surface area contributed by atoms with Gasteiger partial charge in [-0.25, -0.2) is 8.42 Å². The molecule has 0 fully saturated rings.